The smallest absolute Gasteiger partial charge is 0.326 e. The lowest BCUT2D eigenvalue weighted by Crippen LogP contribution is -2.36. The zero-order valence-corrected chi connectivity index (χ0v) is 17.0. The number of carboxylic acids is 2. The van der Waals surface area contributed by atoms with Gasteiger partial charge < -0.3 is 20.8 Å². The van der Waals surface area contributed by atoms with Crippen molar-refractivity contribution in [2.45, 2.75) is 24.9 Å². The molecule has 2 aromatic carbocycles. The van der Waals surface area contributed by atoms with Crippen LogP contribution in [0.25, 0.3) is 0 Å². The number of carbonyl (C=O) groups excluding carboxylic acids is 1. The largest absolute Gasteiger partial charge is 0.480 e. The molecule has 1 amide bonds. The zero-order chi connectivity index (χ0) is 21.5. The minimum Gasteiger partial charge on any atom is -0.480 e. The number of thioether (sulfide) groups is 1. The predicted octanol–water partition coefficient (Wildman–Crippen LogP) is 2.73. The average molecular weight is 419 g/mol. The highest BCUT2D eigenvalue weighted by Crippen LogP contribution is 2.11. The summed E-state index contributed by atoms with van der Waals surface area (Å²) in [4.78, 5) is 31.5. The molecule has 156 valence electrons. The second-order valence-corrected chi connectivity index (χ2v) is 7.03. The standard InChI is InChI=1S/C15H15NO2.C6H11NO3S/c17-15(18)14(11-12-7-3-1-4-8-12)16-13-9-5-2-6-10-13;1-11-3-2-5(6(9)10)7-4-8/h1-10,14,16H,11H2,(H,17,18);4-5H,2-3H2,1H3,(H,7,8)(H,9,10). The number of aliphatic carboxylic acids is 2. The van der Waals surface area contributed by atoms with E-state index >= 15 is 0 Å². The van der Waals surface area contributed by atoms with Crippen molar-refractivity contribution in [2.24, 2.45) is 0 Å². The summed E-state index contributed by atoms with van der Waals surface area (Å²) in [6.45, 7) is 0. The summed E-state index contributed by atoms with van der Waals surface area (Å²) in [6, 6.07) is 17.6. The van der Waals surface area contributed by atoms with Gasteiger partial charge in [0.15, 0.2) is 0 Å². The van der Waals surface area contributed by atoms with Crippen LogP contribution in [0.15, 0.2) is 60.7 Å². The minimum atomic E-state index is -0.980. The lowest BCUT2D eigenvalue weighted by molar-refractivity contribution is -0.140. The first kappa shape index (κ1) is 24.0. The zero-order valence-electron chi connectivity index (χ0n) is 16.2. The molecule has 8 heteroatoms. The van der Waals surface area contributed by atoms with Gasteiger partial charge in [0.05, 0.1) is 0 Å². The number of benzene rings is 2. The van der Waals surface area contributed by atoms with Crippen LogP contribution in [0.1, 0.15) is 12.0 Å². The van der Waals surface area contributed by atoms with E-state index in [9.17, 15) is 19.5 Å². The first-order valence-corrected chi connectivity index (χ1v) is 10.4. The number of anilines is 1. The molecule has 0 fully saturated rings. The summed E-state index contributed by atoms with van der Waals surface area (Å²) in [6.07, 6.45) is 3.24. The van der Waals surface area contributed by atoms with Crippen LogP contribution in [0.5, 0.6) is 0 Å². The molecule has 2 aromatic rings. The molecule has 0 saturated carbocycles. The molecule has 2 unspecified atom stereocenters. The lowest BCUT2D eigenvalue weighted by Gasteiger charge is -2.15. The van der Waals surface area contributed by atoms with Gasteiger partial charge in [0, 0.05) is 12.1 Å². The van der Waals surface area contributed by atoms with E-state index in [1.54, 1.807) is 11.8 Å². The van der Waals surface area contributed by atoms with Gasteiger partial charge >= 0.3 is 11.9 Å². The fourth-order valence-corrected chi connectivity index (χ4v) is 2.85. The lowest BCUT2D eigenvalue weighted by atomic mass is 10.1. The maximum absolute atomic E-state index is 11.2. The van der Waals surface area contributed by atoms with Gasteiger partial charge in [-0.05, 0) is 36.1 Å². The van der Waals surface area contributed by atoms with E-state index in [4.69, 9.17) is 5.11 Å². The number of para-hydroxylation sites is 1. The maximum atomic E-state index is 11.2. The van der Waals surface area contributed by atoms with Gasteiger partial charge in [0.25, 0.3) is 0 Å². The minimum absolute atomic E-state index is 0.416. The van der Waals surface area contributed by atoms with Crippen LogP contribution in [-0.4, -0.2) is 52.7 Å². The monoisotopic (exact) mass is 418 g/mol. The topological polar surface area (TPSA) is 116 Å². The number of nitrogens with one attached hydrogen (secondary N) is 2. The van der Waals surface area contributed by atoms with Crippen LogP contribution in [0.2, 0.25) is 0 Å². The molecule has 4 N–H and O–H groups in total. The van der Waals surface area contributed by atoms with Crippen molar-refractivity contribution in [3.63, 3.8) is 0 Å². The van der Waals surface area contributed by atoms with Gasteiger partial charge in [-0.1, -0.05) is 48.5 Å². The summed E-state index contributed by atoms with van der Waals surface area (Å²) < 4.78 is 0. The van der Waals surface area contributed by atoms with Crippen molar-refractivity contribution < 1.29 is 24.6 Å². The van der Waals surface area contributed by atoms with Crippen LogP contribution in [0, 0.1) is 0 Å². The Morgan fingerprint density at radius 1 is 0.966 bits per heavy atom. The number of hydrogen-bond acceptors (Lipinski definition) is 5. The molecule has 0 aromatic heterocycles. The summed E-state index contributed by atoms with van der Waals surface area (Å²) in [5.74, 6) is -1.09. The molecule has 2 rings (SSSR count). The van der Waals surface area contributed by atoms with E-state index in [2.05, 4.69) is 10.6 Å². The number of hydrogen-bond donors (Lipinski definition) is 4. The van der Waals surface area contributed by atoms with Crippen molar-refractivity contribution in [2.75, 3.05) is 17.3 Å². The van der Waals surface area contributed by atoms with Crippen LogP contribution in [0.3, 0.4) is 0 Å². The van der Waals surface area contributed by atoms with Gasteiger partial charge in [0.2, 0.25) is 6.41 Å². The van der Waals surface area contributed by atoms with E-state index in [-0.39, 0.29) is 0 Å². The summed E-state index contributed by atoms with van der Waals surface area (Å²) in [5.41, 5.74) is 1.83. The number of carbonyl (C=O) groups is 3. The van der Waals surface area contributed by atoms with E-state index in [1.165, 1.54) is 0 Å². The summed E-state index contributed by atoms with van der Waals surface area (Å²) in [7, 11) is 0. The summed E-state index contributed by atoms with van der Waals surface area (Å²) >= 11 is 1.55. The van der Waals surface area contributed by atoms with E-state index in [0.717, 1.165) is 17.0 Å². The molecule has 0 bridgehead atoms. The van der Waals surface area contributed by atoms with Crippen LogP contribution in [0.4, 0.5) is 5.69 Å². The normalized spacial score (nSPS) is 11.9. The Bertz CT molecular complexity index is 702. The Hall–Kier alpha value is -3.00. The van der Waals surface area contributed by atoms with E-state index < -0.39 is 24.0 Å². The molecule has 0 heterocycles. The van der Waals surface area contributed by atoms with Gasteiger partial charge in [-0.25, -0.2) is 9.59 Å². The molecule has 7 nitrogen and oxygen atoms in total. The highest BCUT2D eigenvalue weighted by atomic mass is 32.2. The Morgan fingerprint density at radius 2 is 1.52 bits per heavy atom. The first-order chi connectivity index (χ1) is 14.0. The fraction of sp³-hybridized carbons (Fsp3) is 0.286. The third-order valence-electron chi connectivity index (χ3n) is 3.87. The molecule has 0 saturated heterocycles. The number of carboxylic acid groups (broad SMARTS) is 2. The van der Waals surface area contributed by atoms with Crippen molar-refractivity contribution in [1.82, 2.24) is 5.32 Å². The summed E-state index contributed by atoms with van der Waals surface area (Å²) in [5, 5.41) is 23.0. The third kappa shape index (κ3) is 10.2. The Balaban J connectivity index is 0.000000331. The molecule has 0 radical (unpaired) electrons. The molecule has 0 aliphatic heterocycles. The molecular formula is C21H26N2O5S. The van der Waals surface area contributed by atoms with E-state index in [1.807, 2.05) is 66.9 Å². The van der Waals surface area contributed by atoms with Crippen molar-refractivity contribution in [1.29, 1.82) is 0 Å². The Kier molecular flexibility index (Phi) is 11.7. The molecule has 0 spiro atoms. The van der Waals surface area contributed by atoms with Crippen LogP contribution >= 0.6 is 11.8 Å². The van der Waals surface area contributed by atoms with Crippen LogP contribution < -0.4 is 10.6 Å². The predicted molar refractivity (Wildman–Crippen MR) is 115 cm³/mol. The van der Waals surface area contributed by atoms with E-state index in [0.29, 0.717) is 19.3 Å². The number of rotatable bonds is 11. The number of amides is 1. The molecule has 0 aliphatic carbocycles. The molecular weight excluding hydrogens is 392 g/mol. The Labute approximate surface area is 174 Å². The fourth-order valence-electron chi connectivity index (χ4n) is 2.38. The second kappa shape index (κ2) is 14.1. The maximum Gasteiger partial charge on any atom is 0.326 e. The van der Waals surface area contributed by atoms with Gasteiger partial charge in [-0.15, -0.1) is 0 Å². The third-order valence-corrected chi connectivity index (χ3v) is 4.52. The molecule has 29 heavy (non-hydrogen) atoms. The van der Waals surface area contributed by atoms with Gasteiger partial charge in [0.1, 0.15) is 12.1 Å². The van der Waals surface area contributed by atoms with Gasteiger partial charge in [-0.2, -0.15) is 11.8 Å². The second-order valence-electron chi connectivity index (χ2n) is 6.05. The van der Waals surface area contributed by atoms with Crippen molar-refractivity contribution >= 4 is 35.8 Å². The SMILES string of the molecule is CSCCC(NC=O)C(=O)O.O=C(O)C(Cc1ccccc1)Nc1ccccc1. The molecule has 2 atom stereocenters. The highest BCUT2D eigenvalue weighted by Gasteiger charge is 2.17. The first-order valence-electron chi connectivity index (χ1n) is 8.97. The Morgan fingerprint density at radius 3 is 2.00 bits per heavy atom. The van der Waals surface area contributed by atoms with Gasteiger partial charge in [-0.3, -0.25) is 4.79 Å². The molecule has 0 aliphatic rings. The van der Waals surface area contributed by atoms with Crippen molar-refractivity contribution in [3.05, 3.63) is 66.2 Å². The van der Waals surface area contributed by atoms with Crippen LogP contribution in [-0.2, 0) is 20.8 Å². The average Bonchev–Trinajstić information content (AvgIpc) is 2.72. The quantitative estimate of drug-likeness (QED) is 0.415. The highest BCUT2D eigenvalue weighted by molar-refractivity contribution is 7.98. The van der Waals surface area contributed by atoms with Crippen molar-refractivity contribution in [3.8, 4) is 0 Å².